The average Bonchev–Trinajstić information content (AvgIpc) is 3.73. The van der Waals surface area contributed by atoms with E-state index in [-0.39, 0.29) is 0 Å². The molecule has 0 saturated heterocycles. The van der Waals surface area contributed by atoms with Gasteiger partial charge in [0.05, 0.1) is 5.69 Å². The highest BCUT2D eigenvalue weighted by atomic mass is 32.1. The van der Waals surface area contributed by atoms with Crippen LogP contribution >= 0.6 is 11.3 Å². The Hall–Kier alpha value is -7.78. The number of hydrogen-bond donors (Lipinski definition) is 0. The van der Waals surface area contributed by atoms with Crippen LogP contribution < -0.4 is 4.90 Å². The molecule has 0 amide bonds. The van der Waals surface area contributed by atoms with Crippen LogP contribution in [0.4, 0.5) is 17.1 Å². The van der Waals surface area contributed by atoms with E-state index in [0.717, 1.165) is 17.1 Å². The molecule has 0 atom stereocenters. The summed E-state index contributed by atoms with van der Waals surface area (Å²) >= 11 is 1.88. The zero-order valence-electron chi connectivity index (χ0n) is 33.9. The molecule has 0 spiro atoms. The van der Waals surface area contributed by atoms with Crippen molar-refractivity contribution in [3.05, 3.63) is 237 Å². The Morgan fingerprint density at radius 3 is 1.63 bits per heavy atom. The molecular weight excluding hydrogens is 767 g/mol. The van der Waals surface area contributed by atoms with Gasteiger partial charge in [0.15, 0.2) is 0 Å². The molecule has 1 heterocycles. The van der Waals surface area contributed by atoms with E-state index in [1.165, 1.54) is 97.0 Å². The second kappa shape index (κ2) is 15.0. The number of benzene rings is 11. The molecule has 0 aliphatic carbocycles. The summed E-state index contributed by atoms with van der Waals surface area (Å²) in [4.78, 5) is 2.44. The smallest absolute Gasteiger partial charge is 0.0546 e. The highest BCUT2D eigenvalue weighted by Gasteiger charge is 2.20. The third-order valence-electron chi connectivity index (χ3n) is 12.5. The van der Waals surface area contributed by atoms with Crippen molar-refractivity contribution in [2.75, 3.05) is 4.90 Å². The first-order chi connectivity index (χ1) is 30.7. The molecule has 0 fully saturated rings. The lowest BCUT2D eigenvalue weighted by Gasteiger charge is -2.29. The molecular formula is C60H39NS. The van der Waals surface area contributed by atoms with Crippen LogP contribution in [0.15, 0.2) is 237 Å². The first-order valence-corrected chi connectivity index (χ1v) is 22.1. The van der Waals surface area contributed by atoms with Crippen molar-refractivity contribution >= 4 is 80.9 Å². The number of nitrogens with zero attached hydrogens (tertiary/aromatic N) is 1. The van der Waals surface area contributed by atoms with Gasteiger partial charge in [-0.3, -0.25) is 0 Å². The molecule has 1 nitrogen and oxygen atoms in total. The summed E-state index contributed by atoms with van der Waals surface area (Å²) in [5, 5.41) is 10.2. The van der Waals surface area contributed by atoms with E-state index in [0.29, 0.717) is 0 Å². The highest BCUT2D eigenvalue weighted by molar-refractivity contribution is 7.26. The maximum atomic E-state index is 2.44. The summed E-state index contributed by atoms with van der Waals surface area (Å²) in [5.74, 6) is 0. The Morgan fingerprint density at radius 1 is 0.274 bits per heavy atom. The minimum atomic E-state index is 1.09. The van der Waals surface area contributed by atoms with Gasteiger partial charge in [0.2, 0.25) is 0 Å². The van der Waals surface area contributed by atoms with E-state index in [1.54, 1.807) is 0 Å². The molecule has 11 aromatic carbocycles. The minimum Gasteiger partial charge on any atom is -0.310 e. The van der Waals surface area contributed by atoms with Crippen LogP contribution in [0.2, 0.25) is 0 Å². The number of thiophene rings is 1. The van der Waals surface area contributed by atoms with E-state index in [1.807, 2.05) is 11.3 Å². The number of anilines is 3. The van der Waals surface area contributed by atoms with Crippen LogP contribution in [0.3, 0.4) is 0 Å². The monoisotopic (exact) mass is 805 g/mol. The first kappa shape index (κ1) is 36.1. The third kappa shape index (κ3) is 6.24. The third-order valence-corrected chi connectivity index (χ3v) is 13.7. The van der Waals surface area contributed by atoms with Crippen molar-refractivity contribution in [1.82, 2.24) is 0 Å². The molecule has 0 saturated carbocycles. The fourth-order valence-electron chi connectivity index (χ4n) is 9.41. The molecule has 12 aromatic rings. The van der Waals surface area contributed by atoms with Crippen LogP contribution in [0.25, 0.3) is 97.0 Å². The van der Waals surface area contributed by atoms with Crippen LogP contribution in [0.5, 0.6) is 0 Å². The van der Waals surface area contributed by atoms with Crippen molar-refractivity contribution in [1.29, 1.82) is 0 Å². The van der Waals surface area contributed by atoms with Crippen LogP contribution in [-0.4, -0.2) is 0 Å². The van der Waals surface area contributed by atoms with Gasteiger partial charge in [-0.2, -0.15) is 0 Å². The maximum Gasteiger partial charge on any atom is 0.0546 e. The van der Waals surface area contributed by atoms with Crippen molar-refractivity contribution in [3.8, 4) is 44.5 Å². The summed E-state index contributed by atoms with van der Waals surface area (Å²) in [6.45, 7) is 0. The Kier molecular flexibility index (Phi) is 8.76. The largest absolute Gasteiger partial charge is 0.310 e. The first-order valence-electron chi connectivity index (χ1n) is 21.2. The standard InChI is InChI=1S/C60H39NS/c1-2-12-42(13-3-1)54-37-31-47(52-20-10-16-41-14-4-6-17-50(41)52)39-58(54)61(49-34-28-44(29-35-49)55-21-11-22-57-56-19-8-9-23-59(56)62-60(55)57)48-32-26-40(27-33-48)45-30-36-53-46(38-45)25-24-43-15-5-7-18-51(43)53/h1-39H. The van der Waals surface area contributed by atoms with E-state index in [4.69, 9.17) is 0 Å². The molecule has 290 valence electrons. The zero-order valence-corrected chi connectivity index (χ0v) is 34.7. The van der Waals surface area contributed by atoms with E-state index in [9.17, 15) is 0 Å². The molecule has 0 bridgehead atoms. The van der Waals surface area contributed by atoms with Crippen molar-refractivity contribution in [3.63, 3.8) is 0 Å². The molecule has 62 heavy (non-hydrogen) atoms. The maximum absolute atomic E-state index is 2.44. The van der Waals surface area contributed by atoms with E-state index >= 15 is 0 Å². The lowest BCUT2D eigenvalue weighted by molar-refractivity contribution is 1.28. The molecule has 0 unspecified atom stereocenters. The summed E-state index contributed by atoms with van der Waals surface area (Å²) < 4.78 is 2.64. The normalized spacial score (nSPS) is 11.5. The second-order valence-corrected chi connectivity index (χ2v) is 17.1. The Labute approximate surface area is 365 Å². The SMILES string of the molecule is c1ccc(-c2ccc(-c3cccc4ccccc34)cc2N(c2ccc(-c3ccc4c(ccc5ccccc54)c3)cc2)c2ccc(-c3cccc4c3sc3ccccc34)cc2)cc1. The summed E-state index contributed by atoms with van der Waals surface area (Å²) in [5.41, 5.74) is 12.9. The van der Waals surface area contributed by atoms with Crippen LogP contribution in [0.1, 0.15) is 0 Å². The zero-order chi connectivity index (χ0) is 41.0. The fraction of sp³-hybridized carbons (Fsp3) is 0. The molecule has 12 rings (SSSR count). The fourth-order valence-corrected chi connectivity index (χ4v) is 10.6. The molecule has 0 aliphatic heterocycles. The predicted molar refractivity (Wildman–Crippen MR) is 268 cm³/mol. The lowest BCUT2D eigenvalue weighted by Crippen LogP contribution is -2.11. The van der Waals surface area contributed by atoms with Gasteiger partial charge in [-0.15, -0.1) is 11.3 Å². The van der Waals surface area contributed by atoms with Crippen molar-refractivity contribution in [2.45, 2.75) is 0 Å². The summed E-state index contributed by atoms with van der Waals surface area (Å²) in [6.07, 6.45) is 0. The topological polar surface area (TPSA) is 3.24 Å². The van der Waals surface area contributed by atoms with Crippen LogP contribution in [-0.2, 0) is 0 Å². The molecule has 1 aromatic heterocycles. The number of hydrogen-bond acceptors (Lipinski definition) is 2. The van der Waals surface area contributed by atoms with Crippen LogP contribution in [0, 0.1) is 0 Å². The van der Waals surface area contributed by atoms with Gasteiger partial charge < -0.3 is 4.90 Å². The Morgan fingerprint density at radius 2 is 0.823 bits per heavy atom. The van der Waals surface area contributed by atoms with Crippen molar-refractivity contribution < 1.29 is 0 Å². The van der Waals surface area contributed by atoms with Gasteiger partial charge in [0, 0.05) is 37.1 Å². The lowest BCUT2D eigenvalue weighted by atomic mass is 9.94. The average molecular weight is 806 g/mol. The highest BCUT2D eigenvalue weighted by Crippen LogP contribution is 2.46. The van der Waals surface area contributed by atoms with E-state index < -0.39 is 0 Å². The molecule has 0 N–H and O–H groups in total. The van der Waals surface area contributed by atoms with E-state index in [2.05, 4.69) is 241 Å². The van der Waals surface area contributed by atoms with Gasteiger partial charge in [-0.25, -0.2) is 0 Å². The summed E-state index contributed by atoms with van der Waals surface area (Å²) in [6, 6.07) is 86.8. The molecule has 2 heteroatoms. The minimum absolute atomic E-state index is 1.09. The number of rotatable bonds is 7. The van der Waals surface area contributed by atoms with Gasteiger partial charge in [0.25, 0.3) is 0 Å². The predicted octanol–water partition coefficient (Wildman–Crippen LogP) is 17.7. The van der Waals surface area contributed by atoms with Gasteiger partial charge in [-0.05, 0) is 114 Å². The van der Waals surface area contributed by atoms with Gasteiger partial charge in [0.1, 0.15) is 0 Å². The van der Waals surface area contributed by atoms with Gasteiger partial charge >= 0.3 is 0 Å². The molecule has 0 aliphatic rings. The number of fused-ring (bicyclic) bond motifs is 7. The quantitative estimate of drug-likeness (QED) is 0.145. The molecule has 0 radical (unpaired) electrons. The Balaban J connectivity index is 1.02. The van der Waals surface area contributed by atoms with Gasteiger partial charge in [-0.1, -0.05) is 194 Å². The summed E-state index contributed by atoms with van der Waals surface area (Å²) in [7, 11) is 0. The van der Waals surface area contributed by atoms with Crippen molar-refractivity contribution in [2.24, 2.45) is 0 Å². The second-order valence-electron chi connectivity index (χ2n) is 16.1. The Bertz CT molecular complexity index is 3610.